The van der Waals surface area contributed by atoms with Crippen LogP contribution in [-0.4, -0.2) is 24.5 Å². The van der Waals surface area contributed by atoms with Crippen molar-refractivity contribution in [2.24, 2.45) is 11.7 Å². The molecule has 0 aliphatic carbocycles. The molecule has 0 fully saturated rings. The van der Waals surface area contributed by atoms with Crippen molar-refractivity contribution in [2.75, 3.05) is 6.54 Å². The molecule has 3 N–H and O–H groups in total. The molecule has 1 amide bonds. The Labute approximate surface area is 131 Å². The molecule has 0 bridgehead atoms. The lowest BCUT2D eigenvalue weighted by molar-refractivity contribution is -0.149. The Morgan fingerprint density at radius 2 is 1.86 bits per heavy atom. The van der Waals surface area contributed by atoms with Crippen molar-refractivity contribution >= 4 is 24.3 Å². The van der Waals surface area contributed by atoms with Crippen LogP contribution in [0.5, 0.6) is 0 Å². The Hall–Kier alpha value is -1.59. The van der Waals surface area contributed by atoms with E-state index in [2.05, 4.69) is 5.32 Å². The van der Waals surface area contributed by atoms with Gasteiger partial charge in [-0.3, -0.25) is 4.79 Å². The number of carbonyl (C=O) groups excluding carboxylic acids is 2. The third kappa shape index (κ3) is 7.68. The van der Waals surface area contributed by atoms with Gasteiger partial charge in [-0.2, -0.15) is 0 Å². The predicted octanol–water partition coefficient (Wildman–Crippen LogP) is 1.64. The second kappa shape index (κ2) is 10.2. The van der Waals surface area contributed by atoms with Gasteiger partial charge in [-0.25, -0.2) is 4.79 Å². The summed E-state index contributed by atoms with van der Waals surface area (Å²) < 4.78 is 5.24. The maximum atomic E-state index is 12.0. The number of esters is 1. The van der Waals surface area contributed by atoms with Crippen LogP contribution in [0.2, 0.25) is 0 Å². The number of amides is 1. The topological polar surface area (TPSA) is 81.4 Å². The second-order valence-corrected chi connectivity index (χ2v) is 5.05. The number of halogens is 1. The number of hydrogen-bond donors (Lipinski definition) is 2. The number of rotatable bonds is 7. The predicted molar refractivity (Wildman–Crippen MR) is 83.9 cm³/mol. The van der Waals surface area contributed by atoms with Gasteiger partial charge in [0.15, 0.2) is 0 Å². The number of nitrogens with one attached hydrogen (secondary N) is 1. The standard InChI is InChI=1S/C15H22N2O3.ClH/c1-11(2)8-13(17-14(18)9-16)15(19)20-10-12-6-4-3-5-7-12;/h3-7,11,13H,8-10,16H2,1-2H3,(H,17,18);1H/t13-;/m0./s1. The molecular weight excluding hydrogens is 292 g/mol. The van der Waals surface area contributed by atoms with Crippen LogP contribution in [0.3, 0.4) is 0 Å². The van der Waals surface area contributed by atoms with Gasteiger partial charge < -0.3 is 15.8 Å². The van der Waals surface area contributed by atoms with Gasteiger partial charge in [-0.15, -0.1) is 12.4 Å². The molecule has 0 spiro atoms. The first-order chi connectivity index (χ1) is 9.52. The molecule has 1 atom stereocenters. The lowest BCUT2D eigenvalue weighted by atomic mass is 10.0. The van der Waals surface area contributed by atoms with Crippen molar-refractivity contribution in [3.8, 4) is 0 Å². The monoisotopic (exact) mass is 314 g/mol. The summed E-state index contributed by atoms with van der Waals surface area (Å²) in [5, 5.41) is 2.60. The highest BCUT2D eigenvalue weighted by molar-refractivity contribution is 5.85. The molecule has 1 aromatic carbocycles. The third-order valence-electron chi connectivity index (χ3n) is 2.74. The fraction of sp³-hybridized carbons (Fsp3) is 0.467. The van der Waals surface area contributed by atoms with E-state index in [0.29, 0.717) is 6.42 Å². The molecule has 118 valence electrons. The third-order valence-corrected chi connectivity index (χ3v) is 2.74. The zero-order chi connectivity index (χ0) is 15.0. The average molecular weight is 315 g/mol. The van der Waals surface area contributed by atoms with E-state index in [1.54, 1.807) is 0 Å². The summed E-state index contributed by atoms with van der Waals surface area (Å²) >= 11 is 0. The average Bonchev–Trinajstić information content (AvgIpc) is 2.44. The summed E-state index contributed by atoms with van der Waals surface area (Å²) in [5.74, 6) is -0.515. The van der Waals surface area contributed by atoms with Gasteiger partial charge in [0.25, 0.3) is 0 Å². The van der Waals surface area contributed by atoms with Crippen LogP contribution < -0.4 is 11.1 Å². The van der Waals surface area contributed by atoms with E-state index >= 15 is 0 Å². The minimum absolute atomic E-state index is 0. The SMILES string of the molecule is CC(C)C[C@H](NC(=O)CN)C(=O)OCc1ccccc1.Cl. The first-order valence-corrected chi connectivity index (χ1v) is 6.73. The van der Waals surface area contributed by atoms with E-state index in [1.807, 2.05) is 44.2 Å². The van der Waals surface area contributed by atoms with Crippen LogP contribution in [0.25, 0.3) is 0 Å². The summed E-state index contributed by atoms with van der Waals surface area (Å²) in [7, 11) is 0. The van der Waals surface area contributed by atoms with Crippen molar-refractivity contribution in [1.82, 2.24) is 5.32 Å². The number of hydrogen-bond acceptors (Lipinski definition) is 4. The van der Waals surface area contributed by atoms with E-state index in [-0.39, 0.29) is 37.4 Å². The maximum Gasteiger partial charge on any atom is 0.328 e. The Kier molecular flexibility index (Phi) is 9.41. The smallest absolute Gasteiger partial charge is 0.328 e. The molecule has 5 nitrogen and oxygen atoms in total. The molecular formula is C15H23ClN2O3. The highest BCUT2D eigenvalue weighted by atomic mass is 35.5. The number of ether oxygens (including phenoxy) is 1. The van der Waals surface area contributed by atoms with Gasteiger partial charge in [0.05, 0.1) is 6.54 Å². The molecule has 0 aromatic heterocycles. The van der Waals surface area contributed by atoms with Crippen LogP contribution in [0.1, 0.15) is 25.8 Å². The molecule has 21 heavy (non-hydrogen) atoms. The Bertz CT molecular complexity index is 438. The number of carbonyl (C=O) groups is 2. The largest absolute Gasteiger partial charge is 0.459 e. The molecule has 0 heterocycles. The first-order valence-electron chi connectivity index (χ1n) is 6.73. The Morgan fingerprint density at radius 1 is 1.24 bits per heavy atom. The van der Waals surface area contributed by atoms with Gasteiger partial charge in [-0.1, -0.05) is 44.2 Å². The van der Waals surface area contributed by atoms with Crippen molar-refractivity contribution in [3.05, 3.63) is 35.9 Å². The minimum atomic E-state index is -0.644. The lowest BCUT2D eigenvalue weighted by Gasteiger charge is -2.19. The molecule has 0 aliphatic heterocycles. The number of benzene rings is 1. The highest BCUT2D eigenvalue weighted by Gasteiger charge is 2.22. The Balaban J connectivity index is 0.00000400. The van der Waals surface area contributed by atoms with Crippen LogP contribution in [0.4, 0.5) is 0 Å². The van der Waals surface area contributed by atoms with Gasteiger partial charge in [0.2, 0.25) is 5.91 Å². The van der Waals surface area contributed by atoms with Crippen LogP contribution in [0.15, 0.2) is 30.3 Å². The number of nitrogens with two attached hydrogens (primary N) is 1. The zero-order valence-electron chi connectivity index (χ0n) is 12.4. The van der Waals surface area contributed by atoms with Gasteiger partial charge in [-0.05, 0) is 17.9 Å². The molecule has 0 saturated heterocycles. The first kappa shape index (κ1) is 19.4. The van der Waals surface area contributed by atoms with Crippen LogP contribution in [-0.2, 0) is 20.9 Å². The summed E-state index contributed by atoms with van der Waals surface area (Å²) in [6.45, 7) is 4.02. The van der Waals surface area contributed by atoms with E-state index in [4.69, 9.17) is 10.5 Å². The molecule has 0 unspecified atom stereocenters. The molecule has 0 aliphatic rings. The fourth-order valence-corrected chi connectivity index (χ4v) is 1.77. The fourth-order valence-electron chi connectivity index (χ4n) is 1.77. The lowest BCUT2D eigenvalue weighted by Crippen LogP contribution is -2.45. The van der Waals surface area contributed by atoms with Crippen molar-refractivity contribution in [3.63, 3.8) is 0 Å². The molecule has 1 aromatic rings. The van der Waals surface area contributed by atoms with Gasteiger partial charge in [0, 0.05) is 0 Å². The normalized spacial score (nSPS) is 11.4. The summed E-state index contributed by atoms with van der Waals surface area (Å²) in [6.07, 6.45) is 0.527. The maximum absolute atomic E-state index is 12.0. The zero-order valence-corrected chi connectivity index (χ0v) is 13.2. The van der Waals surface area contributed by atoms with Gasteiger partial charge in [0.1, 0.15) is 12.6 Å². The van der Waals surface area contributed by atoms with Crippen molar-refractivity contribution in [2.45, 2.75) is 32.9 Å². The van der Waals surface area contributed by atoms with E-state index < -0.39 is 12.0 Å². The van der Waals surface area contributed by atoms with Crippen molar-refractivity contribution in [1.29, 1.82) is 0 Å². The van der Waals surface area contributed by atoms with Crippen LogP contribution in [0, 0.1) is 5.92 Å². The summed E-state index contributed by atoms with van der Waals surface area (Å²) in [6, 6.07) is 8.77. The summed E-state index contributed by atoms with van der Waals surface area (Å²) in [5.41, 5.74) is 6.16. The molecule has 0 radical (unpaired) electrons. The Morgan fingerprint density at radius 3 is 2.38 bits per heavy atom. The second-order valence-electron chi connectivity index (χ2n) is 5.05. The quantitative estimate of drug-likeness (QED) is 0.750. The van der Waals surface area contributed by atoms with E-state index in [0.717, 1.165) is 5.56 Å². The van der Waals surface area contributed by atoms with Gasteiger partial charge >= 0.3 is 5.97 Å². The van der Waals surface area contributed by atoms with Crippen LogP contribution >= 0.6 is 12.4 Å². The highest BCUT2D eigenvalue weighted by Crippen LogP contribution is 2.08. The van der Waals surface area contributed by atoms with Crippen molar-refractivity contribution < 1.29 is 14.3 Å². The van der Waals surface area contributed by atoms with E-state index in [9.17, 15) is 9.59 Å². The molecule has 6 heteroatoms. The minimum Gasteiger partial charge on any atom is -0.459 e. The molecule has 1 rings (SSSR count). The molecule has 0 saturated carbocycles. The van der Waals surface area contributed by atoms with E-state index in [1.165, 1.54) is 0 Å². The summed E-state index contributed by atoms with van der Waals surface area (Å²) in [4.78, 5) is 23.4.